The molecule has 1 saturated carbocycles. The number of thiazole rings is 1. The standard InChI is InChI=1S/C14H10N2O2S/c15-7-8-1-3-9(4-2-8)12-11(14(17)18)16-13(19-12)10-5-6-10/h1-4,10H,5-6H2,(H,17,18). The van der Waals surface area contributed by atoms with E-state index in [1.165, 1.54) is 11.3 Å². The third-order valence-corrected chi connectivity index (χ3v) is 4.32. The summed E-state index contributed by atoms with van der Waals surface area (Å²) in [6, 6.07) is 8.98. The van der Waals surface area contributed by atoms with Gasteiger partial charge in [0.25, 0.3) is 0 Å². The molecule has 2 aromatic rings. The molecule has 5 heteroatoms. The Balaban J connectivity index is 2.06. The number of carboxylic acids is 1. The van der Waals surface area contributed by atoms with Crippen molar-refractivity contribution < 1.29 is 9.90 Å². The predicted octanol–water partition coefficient (Wildman–Crippen LogP) is 3.26. The van der Waals surface area contributed by atoms with E-state index in [0.29, 0.717) is 16.4 Å². The molecule has 1 heterocycles. The van der Waals surface area contributed by atoms with E-state index >= 15 is 0 Å². The monoisotopic (exact) mass is 270 g/mol. The Bertz CT molecular complexity index is 678. The summed E-state index contributed by atoms with van der Waals surface area (Å²) < 4.78 is 0. The van der Waals surface area contributed by atoms with Crippen molar-refractivity contribution >= 4 is 17.3 Å². The molecular weight excluding hydrogens is 260 g/mol. The Morgan fingerprint density at radius 2 is 2.05 bits per heavy atom. The lowest BCUT2D eigenvalue weighted by molar-refractivity contribution is 0.0692. The molecule has 0 spiro atoms. The Hall–Kier alpha value is -2.19. The minimum Gasteiger partial charge on any atom is -0.476 e. The fourth-order valence-electron chi connectivity index (χ4n) is 1.88. The average Bonchev–Trinajstić information content (AvgIpc) is 3.17. The number of benzene rings is 1. The number of carboxylic acid groups (broad SMARTS) is 1. The van der Waals surface area contributed by atoms with Crippen molar-refractivity contribution in [2.45, 2.75) is 18.8 Å². The molecule has 0 amide bonds. The van der Waals surface area contributed by atoms with Crippen molar-refractivity contribution in [2.75, 3.05) is 0 Å². The number of nitriles is 1. The number of hydrogen-bond donors (Lipinski definition) is 1. The van der Waals surface area contributed by atoms with Gasteiger partial charge in [-0.05, 0) is 30.5 Å². The summed E-state index contributed by atoms with van der Waals surface area (Å²) in [7, 11) is 0. The molecule has 1 aromatic heterocycles. The zero-order chi connectivity index (χ0) is 13.4. The highest BCUT2D eigenvalue weighted by atomic mass is 32.1. The molecule has 1 fully saturated rings. The summed E-state index contributed by atoms with van der Waals surface area (Å²) in [6.07, 6.45) is 2.19. The molecule has 1 aliphatic carbocycles. The first-order chi connectivity index (χ1) is 9.19. The highest BCUT2D eigenvalue weighted by Gasteiger charge is 2.30. The quantitative estimate of drug-likeness (QED) is 0.929. The third-order valence-electron chi connectivity index (χ3n) is 3.05. The number of hydrogen-bond acceptors (Lipinski definition) is 4. The summed E-state index contributed by atoms with van der Waals surface area (Å²) in [6.45, 7) is 0. The summed E-state index contributed by atoms with van der Waals surface area (Å²) >= 11 is 1.45. The number of aromatic nitrogens is 1. The summed E-state index contributed by atoms with van der Waals surface area (Å²) in [4.78, 5) is 16.2. The van der Waals surface area contributed by atoms with Gasteiger partial charge in [0, 0.05) is 5.92 Å². The van der Waals surface area contributed by atoms with E-state index in [0.717, 1.165) is 23.4 Å². The van der Waals surface area contributed by atoms with E-state index in [9.17, 15) is 9.90 Å². The molecule has 1 aliphatic rings. The minimum atomic E-state index is -0.998. The molecule has 0 bridgehead atoms. The van der Waals surface area contributed by atoms with Crippen LogP contribution in [0.15, 0.2) is 24.3 Å². The average molecular weight is 270 g/mol. The molecule has 0 radical (unpaired) electrons. The summed E-state index contributed by atoms with van der Waals surface area (Å²) in [5.41, 5.74) is 1.49. The van der Waals surface area contributed by atoms with Crippen LogP contribution in [0.4, 0.5) is 0 Å². The zero-order valence-corrected chi connectivity index (χ0v) is 10.8. The zero-order valence-electron chi connectivity index (χ0n) is 9.96. The third kappa shape index (κ3) is 2.23. The minimum absolute atomic E-state index is 0.122. The van der Waals surface area contributed by atoms with Crippen LogP contribution in [-0.2, 0) is 0 Å². The number of rotatable bonds is 3. The van der Waals surface area contributed by atoms with Crippen LogP contribution in [0.3, 0.4) is 0 Å². The maximum Gasteiger partial charge on any atom is 0.356 e. The number of aromatic carboxylic acids is 1. The SMILES string of the molecule is N#Cc1ccc(-c2sc(C3CC3)nc2C(=O)O)cc1. The van der Waals surface area contributed by atoms with Gasteiger partial charge in [-0.1, -0.05) is 12.1 Å². The molecule has 0 atom stereocenters. The molecule has 0 aliphatic heterocycles. The first kappa shape index (κ1) is 11.9. The highest BCUT2D eigenvalue weighted by Crippen LogP contribution is 2.44. The second-order valence-electron chi connectivity index (χ2n) is 4.50. The van der Waals surface area contributed by atoms with E-state index in [-0.39, 0.29) is 5.69 Å². The molecule has 0 saturated heterocycles. The number of nitrogens with zero attached hydrogens (tertiary/aromatic N) is 2. The van der Waals surface area contributed by atoms with Crippen molar-refractivity contribution in [1.82, 2.24) is 4.98 Å². The lowest BCUT2D eigenvalue weighted by Crippen LogP contribution is -1.99. The van der Waals surface area contributed by atoms with E-state index in [1.807, 2.05) is 6.07 Å². The molecular formula is C14H10N2O2S. The first-order valence-corrected chi connectivity index (χ1v) is 6.75. The molecule has 4 nitrogen and oxygen atoms in total. The van der Waals surface area contributed by atoms with Crippen molar-refractivity contribution in [2.24, 2.45) is 0 Å². The van der Waals surface area contributed by atoms with E-state index < -0.39 is 5.97 Å². The second kappa shape index (κ2) is 4.48. The van der Waals surface area contributed by atoms with Gasteiger partial charge in [0.1, 0.15) is 0 Å². The van der Waals surface area contributed by atoms with Crippen LogP contribution >= 0.6 is 11.3 Å². The molecule has 19 heavy (non-hydrogen) atoms. The van der Waals surface area contributed by atoms with Gasteiger partial charge in [-0.2, -0.15) is 5.26 Å². The van der Waals surface area contributed by atoms with Crippen molar-refractivity contribution in [3.05, 3.63) is 40.5 Å². The van der Waals surface area contributed by atoms with Gasteiger partial charge in [-0.3, -0.25) is 0 Å². The lowest BCUT2D eigenvalue weighted by Gasteiger charge is -1.98. The molecule has 3 rings (SSSR count). The van der Waals surface area contributed by atoms with Crippen LogP contribution in [0.2, 0.25) is 0 Å². The lowest BCUT2D eigenvalue weighted by atomic mass is 10.1. The van der Waals surface area contributed by atoms with Crippen molar-refractivity contribution in [3.8, 4) is 16.5 Å². The molecule has 1 N–H and O–H groups in total. The summed E-state index contributed by atoms with van der Waals surface area (Å²) in [5, 5.41) is 18.9. The number of carbonyl (C=O) groups is 1. The fraction of sp³-hybridized carbons (Fsp3) is 0.214. The Kier molecular flexibility index (Phi) is 2.80. The molecule has 0 unspecified atom stereocenters. The van der Waals surface area contributed by atoms with Gasteiger partial charge < -0.3 is 5.11 Å². The van der Waals surface area contributed by atoms with Gasteiger partial charge in [-0.25, -0.2) is 9.78 Å². The maximum atomic E-state index is 11.3. The van der Waals surface area contributed by atoms with Crippen molar-refractivity contribution in [3.63, 3.8) is 0 Å². The van der Waals surface area contributed by atoms with Crippen LogP contribution < -0.4 is 0 Å². The van der Waals surface area contributed by atoms with Gasteiger partial charge in [0.05, 0.1) is 21.5 Å². The van der Waals surface area contributed by atoms with Crippen LogP contribution in [0.1, 0.15) is 39.8 Å². The van der Waals surface area contributed by atoms with Gasteiger partial charge in [0.15, 0.2) is 5.69 Å². The largest absolute Gasteiger partial charge is 0.476 e. The van der Waals surface area contributed by atoms with Crippen LogP contribution in [0, 0.1) is 11.3 Å². The van der Waals surface area contributed by atoms with Crippen molar-refractivity contribution in [1.29, 1.82) is 5.26 Å². The van der Waals surface area contributed by atoms with E-state index in [1.54, 1.807) is 24.3 Å². The van der Waals surface area contributed by atoms with Crippen LogP contribution in [0.25, 0.3) is 10.4 Å². The Morgan fingerprint density at radius 3 is 2.58 bits per heavy atom. The Labute approximate surface area is 114 Å². The fourth-order valence-corrected chi connectivity index (χ4v) is 3.11. The highest BCUT2D eigenvalue weighted by molar-refractivity contribution is 7.15. The molecule has 1 aromatic carbocycles. The topological polar surface area (TPSA) is 74.0 Å². The van der Waals surface area contributed by atoms with Gasteiger partial charge >= 0.3 is 5.97 Å². The van der Waals surface area contributed by atoms with Gasteiger partial charge in [0.2, 0.25) is 0 Å². The first-order valence-electron chi connectivity index (χ1n) is 5.93. The molecule has 94 valence electrons. The summed E-state index contributed by atoms with van der Waals surface area (Å²) in [5.74, 6) is -0.558. The van der Waals surface area contributed by atoms with Gasteiger partial charge in [-0.15, -0.1) is 11.3 Å². The maximum absolute atomic E-state index is 11.3. The Morgan fingerprint density at radius 1 is 1.37 bits per heavy atom. The van der Waals surface area contributed by atoms with E-state index in [2.05, 4.69) is 4.98 Å². The second-order valence-corrected chi connectivity index (χ2v) is 5.53. The van der Waals surface area contributed by atoms with Crippen LogP contribution in [0.5, 0.6) is 0 Å². The predicted molar refractivity (Wildman–Crippen MR) is 71.2 cm³/mol. The normalized spacial score (nSPS) is 14.1. The smallest absolute Gasteiger partial charge is 0.356 e. The van der Waals surface area contributed by atoms with E-state index in [4.69, 9.17) is 5.26 Å². The van der Waals surface area contributed by atoms with Crippen LogP contribution in [-0.4, -0.2) is 16.1 Å².